The van der Waals surface area contributed by atoms with Gasteiger partial charge in [0.15, 0.2) is 0 Å². The van der Waals surface area contributed by atoms with Crippen molar-refractivity contribution in [1.29, 1.82) is 0 Å². The Morgan fingerprint density at radius 3 is 2.58 bits per heavy atom. The van der Waals surface area contributed by atoms with Crippen LogP contribution in [0.4, 0.5) is 0 Å². The maximum absolute atomic E-state index is 9.26. The van der Waals surface area contributed by atoms with Crippen LogP contribution in [0.3, 0.4) is 0 Å². The van der Waals surface area contributed by atoms with Crippen LogP contribution in [0.1, 0.15) is 32.3 Å². The van der Waals surface area contributed by atoms with Gasteiger partial charge in [0.05, 0.1) is 0 Å². The molecule has 3 nitrogen and oxygen atoms in total. The van der Waals surface area contributed by atoms with E-state index in [0.717, 1.165) is 25.6 Å². The lowest BCUT2D eigenvalue weighted by Crippen LogP contribution is -2.37. The Hall–Kier alpha value is -1.06. The molecule has 0 aromatic heterocycles. The summed E-state index contributed by atoms with van der Waals surface area (Å²) in [6.45, 7) is 7.85. The predicted octanol–water partition coefficient (Wildman–Crippen LogP) is 2.40. The van der Waals surface area contributed by atoms with Crippen molar-refractivity contribution in [2.75, 3.05) is 19.6 Å². The van der Waals surface area contributed by atoms with Crippen molar-refractivity contribution in [2.24, 2.45) is 0 Å². The van der Waals surface area contributed by atoms with Crippen LogP contribution in [-0.2, 0) is 6.42 Å². The van der Waals surface area contributed by atoms with E-state index in [-0.39, 0.29) is 0 Å². The Labute approximate surface area is 116 Å². The molecule has 0 amide bonds. The van der Waals surface area contributed by atoms with Gasteiger partial charge in [-0.05, 0) is 50.4 Å². The molecule has 1 fully saturated rings. The molecule has 1 aliphatic rings. The summed E-state index contributed by atoms with van der Waals surface area (Å²) in [6, 6.07) is 8.84. The molecule has 106 valence electrons. The normalized spacial score (nSPS) is 16.8. The van der Waals surface area contributed by atoms with Gasteiger partial charge in [-0.25, -0.2) is 0 Å². The molecule has 0 saturated heterocycles. The van der Waals surface area contributed by atoms with Crippen LogP contribution in [0.25, 0.3) is 0 Å². The average molecular weight is 262 g/mol. The molecule has 1 aromatic rings. The molecule has 1 aromatic carbocycles. The minimum atomic E-state index is 0.340. The van der Waals surface area contributed by atoms with Crippen LogP contribution >= 0.6 is 0 Å². The topological polar surface area (TPSA) is 35.5 Å². The maximum Gasteiger partial charge on any atom is 0.115 e. The number of phenols is 1. The number of hydrogen-bond donors (Lipinski definition) is 2. The van der Waals surface area contributed by atoms with E-state index in [1.165, 1.54) is 24.9 Å². The molecule has 19 heavy (non-hydrogen) atoms. The summed E-state index contributed by atoms with van der Waals surface area (Å²) in [6.07, 6.45) is 3.78. The molecule has 0 radical (unpaired) electrons. The van der Waals surface area contributed by atoms with Gasteiger partial charge in [-0.2, -0.15) is 0 Å². The minimum absolute atomic E-state index is 0.340. The Kier molecular flexibility index (Phi) is 5.23. The molecule has 1 saturated carbocycles. The second kappa shape index (κ2) is 6.92. The van der Waals surface area contributed by atoms with Gasteiger partial charge < -0.3 is 10.4 Å². The Morgan fingerprint density at radius 2 is 2.00 bits per heavy atom. The predicted molar refractivity (Wildman–Crippen MR) is 79.5 cm³/mol. The first-order valence-corrected chi connectivity index (χ1v) is 7.44. The van der Waals surface area contributed by atoms with Crippen molar-refractivity contribution >= 4 is 0 Å². The molecule has 1 atom stereocenters. The van der Waals surface area contributed by atoms with Crippen molar-refractivity contribution < 1.29 is 5.11 Å². The summed E-state index contributed by atoms with van der Waals surface area (Å²) in [5.74, 6) is 0.340. The molecule has 0 spiro atoms. The van der Waals surface area contributed by atoms with E-state index in [1.54, 1.807) is 12.1 Å². The van der Waals surface area contributed by atoms with Crippen molar-refractivity contribution in [3.8, 4) is 5.75 Å². The first-order valence-electron chi connectivity index (χ1n) is 7.44. The zero-order valence-electron chi connectivity index (χ0n) is 12.1. The van der Waals surface area contributed by atoms with Gasteiger partial charge in [-0.3, -0.25) is 4.90 Å². The fourth-order valence-corrected chi connectivity index (χ4v) is 2.55. The zero-order chi connectivity index (χ0) is 13.7. The summed E-state index contributed by atoms with van der Waals surface area (Å²) in [4.78, 5) is 2.57. The van der Waals surface area contributed by atoms with E-state index >= 15 is 0 Å². The number of aromatic hydroxyl groups is 1. The third-order valence-electron chi connectivity index (χ3n) is 3.84. The van der Waals surface area contributed by atoms with Crippen LogP contribution in [0.5, 0.6) is 5.75 Å². The van der Waals surface area contributed by atoms with Crippen molar-refractivity contribution in [3.63, 3.8) is 0 Å². The van der Waals surface area contributed by atoms with Crippen LogP contribution in [0, 0.1) is 0 Å². The summed E-state index contributed by atoms with van der Waals surface area (Å²) >= 11 is 0. The van der Waals surface area contributed by atoms with Crippen LogP contribution in [0.2, 0.25) is 0 Å². The molecule has 1 unspecified atom stereocenters. The zero-order valence-corrected chi connectivity index (χ0v) is 12.1. The van der Waals surface area contributed by atoms with Gasteiger partial charge in [-0.15, -0.1) is 0 Å². The number of hydrogen-bond acceptors (Lipinski definition) is 3. The van der Waals surface area contributed by atoms with Gasteiger partial charge in [0.1, 0.15) is 5.75 Å². The van der Waals surface area contributed by atoms with Crippen molar-refractivity contribution in [3.05, 3.63) is 29.8 Å². The SMILES string of the molecule is CCN(CCNC(C)Cc1ccc(O)cc1)C1CC1. The lowest BCUT2D eigenvalue weighted by Gasteiger charge is -2.21. The van der Waals surface area contributed by atoms with Gasteiger partial charge in [0.25, 0.3) is 0 Å². The summed E-state index contributed by atoms with van der Waals surface area (Å²) < 4.78 is 0. The summed E-state index contributed by atoms with van der Waals surface area (Å²) in [5.41, 5.74) is 1.27. The molecule has 0 aliphatic heterocycles. The monoisotopic (exact) mass is 262 g/mol. The van der Waals surface area contributed by atoms with Gasteiger partial charge in [-0.1, -0.05) is 19.1 Å². The second-order valence-electron chi connectivity index (χ2n) is 5.59. The number of phenolic OH excluding ortho intramolecular Hbond substituents is 1. The molecular formula is C16H26N2O. The molecule has 0 heterocycles. The van der Waals surface area contributed by atoms with E-state index in [2.05, 4.69) is 24.1 Å². The van der Waals surface area contributed by atoms with Crippen LogP contribution in [-0.4, -0.2) is 41.7 Å². The van der Waals surface area contributed by atoms with E-state index in [1.807, 2.05) is 12.1 Å². The smallest absolute Gasteiger partial charge is 0.115 e. The van der Waals surface area contributed by atoms with Crippen LogP contribution in [0.15, 0.2) is 24.3 Å². The molecule has 2 N–H and O–H groups in total. The third kappa shape index (κ3) is 4.84. The highest BCUT2D eigenvalue weighted by Crippen LogP contribution is 2.25. The minimum Gasteiger partial charge on any atom is -0.508 e. The standard InChI is InChI=1S/C16H26N2O/c1-3-18(15-6-7-15)11-10-17-13(2)12-14-4-8-16(19)9-5-14/h4-5,8-9,13,15,17,19H,3,6-7,10-12H2,1-2H3. The largest absolute Gasteiger partial charge is 0.508 e. The van der Waals surface area contributed by atoms with E-state index in [9.17, 15) is 5.11 Å². The second-order valence-corrected chi connectivity index (χ2v) is 5.59. The number of nitrogens with one attached hydrogen (secondary N) is 1. The first kappa shape index (κ1) is 14.4. The Balaban J connectivity index is 1.66. The number of nitrogens with zero attached hydrogens (tertiary/aromatic N) is 1. The highest BCUT2D eigenvalue weighted by Gasteiger charge is 2.27. The number of rotatable bonds is 8. The van der Waals surface area contributed by atoms with E-state index in [0.29, 0.717) is 11.8 Å². The quantitative estimate of drug-likeness (QED) is 0.755. The Bertz CT molecular complexity index is 373. The van der Waals surface area contributed by atoms with E-state index in [4.69, 9.17) is 0 Å². The highest BCUT2D eigenvalue weighted by molar-refractivity contribution is 5.26. The molecule has 1 aliphatic carbocycles. The molecule has 0 bridgehead atoms. The van der Waals surface area contributed by atoms with Crippen molar-refractivity contribution in [1.82, 2.24) is 10.2 Å². The van der Waals surface area contributed by atoms with E-state index < -0.39 is 0 Å². The highest BCUT2D eigenvalue weighted by atomic mass is 16.3. The van der Waals surface area contributed by atoms with Gasteiger partial charge in [0.2, 0.25) is 0 Å². The fourth-order valence-electron chi connectivity index (χ4n) is 2.55. The maximum atomic E-state index is 9.26. The molecule has 2 rings (SSSR count). The summed E-state index contributed by atoms with van der Waals surface area (Å²) in [5, 5.41) is 12.8. The lowest BCUT2D eigenvalue weighted by atomic mass is 10.1. The van der Waals surface area contributed by atoms with Crippen LogP contribution < -0.4 is 5.32 Å². The molecular weight excluding hydrogens is 236 g/mol. The number of benzene rings is 1. The van der Waals surface area contributed by atoms with Crippen molar-refractivity contribution in [2.45, 2.75) is 45.2 Å². The van der Waals surface area contributed by atoms with Gasteiger partial charge in [0, 0.05) is 25.2 Å². The number of likely N-dealkylation sites (N-methyl/N-ethyl adjacent to an activating group) is 1. The first-order chi connectivity index (χ1) is 9.19. The summed E-state index contributed by atoms with van der Waals surface area (Å²) in [7, 11) is 0. The van der Waals surface area contributed by atoms with Gasteiger partial charge >= 0.3 is 0 Å². The third-order valence-corrected chi connectivity index (χ3v) is 3.84. The molecule has 3 heteroatoms. The average Bonchev–Trinajstić information content (AvgIpc) is 3.22. The Morgan fingerprint density at radius 1 is 1.32 bits per heavy atom. The fraction of sp³-hybridized carbons (Fsp3) is 0.625. The lowest BCUT2D eigenvalue weighted by molar-refractivity contribution is 0.273.